The average Bonchev–Trinajstić information content (AvgIpc) is 2.92. The Balaban J connectivity index is 1.62. The largest absolute Gasteiger partial charge is 0.497 e. The van der Waals surface area contributed by atoms with Crippen LogP contribution in [0.25, 0.3) is 0 Å². The Morgan fingerprint density at radius 3 is 2.53 bits per heavy atom. The van der Waals surface area contributed by atoms with E-state index >= 15 is 0 Å². The second-order valence-electron chi connectivity index (χ2n) is 9.31. The Hall–Kier alpha value is -3.72. The van der Waals surface area contributed by atoms with E-state index < -0.39 is 6.04 Å². The third kappa shape index (κ3) is 7.41. The molecule has 0 aliphatic heterocycles. The number of anilines is 1. The summed E-state index contributed by atoms with van der Waals surface area (Å²) in [5.74, 6) is 0.460. The molecule has 0 bridgehead atoms. The van der Waals surface area contributed by atoms with Gasteiger partial charge in [0, 0.05) is 36.0 Å². The number of thioether (sulfide) groups is 1. The third-order valence-corrected chi connectivity index (χ3v) is 7.23. The molecular formula is C29H33N5O3S. The van der Waals surface area contributed by atoms with Crippen LogP contribution < -0.4 is 10.1 Å². The van der Waals surface area contributed by atoms with Gasteiger partial charge in [0.25, 0.3) is 0 Å². The highest BCUT2D eigenvalue weighted by atomic mass is 32.2. The lowest BCUT2D eigenvalue weighted by Crippen LogP contribution is -2.51. The van der Waals surface area contributed by atoms with E-state index in [1.54, 1.807) is 48.7 Å². The summed E-state index contributed by atoms with van der Waals surface area (Å²) in [6, 6.07) is 12.2. The van der Waals surface area contributed by atoms with Crippen LogP contribution in [0.2, 0.25) is 0 Å². The molecule has 2 atom stereocenters. The summed E-state index contributed by atoms with van der Waals surface area (Å²) in [6.07, 6.45) is 10.1. The van der Waals surface area contributed by atoms with E-state index in [-0.39, 0.29) is 30.0 Å². The van der Waals surface area contributed by atoms with Crippen molar-refractivity contribution in [2.24, 2.45) is 5.92 Å². The lowest BCUT2D eigenvalue weighted by molar-refractivity contribution is -0.139. The van der Waals surface area contributed by atoms with Crippen LogP contribution >= 0.6 is 11.8 Å². The first-order valence-corrected chi connectivity index (χ1v) is 13.6. The van der Waals surface area contributed by atoms with Gasteiger partial charge in [-0.25, -0.2) is 9.97 Å². The van der Waals surface area contributed by atoms with Gasteiger partial charge in [-0.05, 0) is 81.0 Å². The van der Waals surface area contributed by atoms with Crippen LogP contribution in [-0.4, -0.2) is 50.6 Å². The van der Waals surface area contributed by atoms with Crippen LogP contribution in [0.1, 0.15) is 36.2 Å². The van der Waals surface area contributed by atoms with Gasteiger partial charge < -0.3 is 15.0 Å². The van der Waals surface area contributed by atoms with Gasteiger partial charge in [0.15, 0.2) is 5.16 Å². The van der Waals surface area contributed by atoms with E-state index in [4.69, 9.17) is 4.74 Å². The second kappa shape index (κ2) is 13.2. The Bertz CT molecular complexity index is 1250. The molecule has 0 fully saturated rings. The fraction of sp³-hybridized carbons (Fsp3) is 0.345. The van der Waals surface area contributed by atoms with Gasteiger partial charge in [-0.2, -0.15) is 0 Å². The van der Waals surface area contributed by atoms with Crippen molar-refractivity contribution in [2.75, 3.05) is 18.2 Å². The summed E-state index contributed by atoms with van der Waals surface area (Å²) < 4.78 is 5.24. The normalized spacial score (nSPS) is 15.5. The number of ether oxygens (including phenoxy) is 1. The van der Waals surface area contributed by atoms with Crippen molar-refractivity contribution in [3.8, 4) is 5.75 Å². The molecule has 4 rings (SSSR count). The van der Waals surface area contributed by atoms with Crippen molar-refractivity contribution >= 4 is 29.3 Å². The molecule has 1 N–H and O–H groups in total. The molecule has 1 aliphatic rings. The third-order valence-electron chi connectivity index (χ3n) is 6.40. The molecule has 9 heteroatoms. The number of allylic oxidation sites excluding steroid dienone is 2. The molecule has 38 heavy (non-hydrogen) atoms. The number of amides is 2. The topological polar surface area (TPSA) is 97.3 Å². The molecular weight excluding hydrogens is 498 g/mol. The number of methoxy groups -OCH3 is 1. The summed E-state index contributed by atoms with van der Waals surface area (Å²) in [6.45, 7) is 4.10. The number of rotatable bonds is 10. The maximum absolute atomic E-state index is 13.9. The Labute approximate surface area is 227 Å². The first-order valence-electron chi connectivity index (χ1n) is 12.7. The first-order chi connectivity index (χ1) is 18.4. The number of nitrogens with one attached hydrogen (secondary N) is 1. The van der Waals surface area contributed by atoms with Crippen molar-refractivity contribution in [3.05, 3.63) is 84.0 Å². The van der Waals surface area contributed by atoms with E-state index in [0.717, 1.165) is 36.2 Å². The minimum Gasteiger partial charge on any atom is -0.497 e. The highest BCUT2D eigenvalue weighted by Crippen LogP contribution is 2.29. The zero-order valence-corrected chi connectivity index (χ0v) is 22.8. The standard InChI is InChI=1S/C29H33N5O3S/c1-20-16-21(2)32-29(31-20)38-19-26(35)34(18-22-8-7-15-30-17-22)27(23-9-5-4-6-10-23)28(36)33-24-11-13-25(37-3)14-12-24/h4-5,7-8,11-17,23,27H,6,9-10,18-19H2,1-3H3,(H,33,36)/t23-,27+/m0/s1. The molecule has 2 amide bonds. The fourth-order valence-electron chi connectivity index (χ4n) is 4.60. The average molecular weight is 532 g/mol. The molecule has 0 spiro atoms. The van der Waals surface area contributed by atoms with Crippen LogP contribution in [0.5, 0.6) is 5.75 Å². The van der Waals surface area contributed by atoms with E-state index in [1.165, 1.54) is 11.8 Å². The molecule has 2 aromatic heterocycles. The Kier molecular flexibility index (Phi) is 9.48. The van der Waals surface area contributed by atoms with Crippen molar-refractivity contribution in [1.29, 1.82) is 0 Å². The number of aromatic nitrogens is 3. The van der Waals surface area contributed by atoms with E-state index in [9.17, 15) is 9.59 Å². The number of hydrogen-bond donors (Lipinski definition) is 1. The van der Waals surface area contributed by atoms with Crippen LogP contribution in [0.3, 0.4) is 0 Å². The summed E-state index contributed by atoms with van der Waals surface area (Å²) >= 11 is 1.29. The highest BCUT2D eigenvalue weighted by Gasteiger charge is 2.36. The lowest BCUT2D eigenvalue weighted by Gasteiger charge is -2.37. The smallest absolute Gasteiger partial charge is 0.247 e. The number of carbonyl (C=O) groups is 2. The molecule has 0 saturated heterocycles. The van der Waals surface area contributed by atoms with Gasteiger partial charge in [-0.1, -0.05) is 30.0 Å². The zero-order valence-electron chi connectivity index (χ0n) is 22.0. The monoisotopic (exact) mass is 531 g/mol. The number of aryl methyl sites for hydroxylation is 2. The molecule has 8 nitrogen and oxygen atoms in total. The molecule has 198 valence electrons. The van der Waals surface area contributed by atoms with Gasteiger partial charge in [-0.15, -0.1) is 0 Å². The van der Waals surface area contributed by atoms with Gasteiger partial charge in [0.2, 0.25) is 11.8 Å². The molecule has 0 saturated carbocycles. The number of pyridine rings is 1. The predicted molar refractivity (Wildman–Crippen MR) is 149 cm³/mol. The van der Waals surface area contributed by atoms with Gasteiger partial charge in [0.05, 0.1) is 12.9 Å². The maximum Gasteiger partial charge on any atom is 0.247 e. The van der Waals surface area contributed by atoms with Crippen LogP contribution in [0.15, 0.2) is 72.2 Å². The van der Waals surface area contributed by atoms with Gasteiger partial charge >= 0.3 is 0 Å². The summed E-state index contributed by atoms with van der Waals surface area (Å²) in [7, 11) is 1.60. The molecule has 2 heterocycles. The van der Waals surface area contributed by atoms with Crippen LogP contribution in [0.4, 0.5) is 5.69 Å². The minimum atomic E-state index is -0.657. The van der Waals surface area contributed by atoms with E-state index in [1.807, 2.05) is 32.0 Å². The van der Waals surface area contributed by atoms with Crippen LogP contribution in [-0.2, 0) is 16.1 Å². The molecule has 0 radical (unpaired) electrons. The highest BCUT2D eigenvalue weighted by molar-refractivity contribution is 7.99. The zero-order chi connectivity index (χ0) is 26.9. The molecule has 0 unspecified atom stereocenters. The molecule has 3 aromatic rings. The van der Waals surface area contributed by atoms with Crippen molar-refractivity contribution in [3.63, 3.8) is 0 Å². The SMILES string of the molecule is COc1ccc(NC(=O)[C@@H]([C@H]2CC=CCC2)N(Cc2cccnc2)C(=O)CSc2nc(C)cc(C)n2)cc1. The summed E-state index contributed by atoms with van der Waals surface area (Å²) in [5.41, 5.74) is 3.22. The Morgan fingerprint density at radius 1 is 1.13 bits per heavy atom. The number of carbonyl (C=O) groups excluding carboxylic acids is 2. The molecule has 1 aromatic carbocycles. The van der Waals surface area contributed by atoms with Gasteiger partial charge in [-0.3, -0.25) is 14.6 Å². The number of hydrogen-bond acceptors (Lipinski definition) is 7. The van der Waals surface area contributed by atoms with Crippen molar-refractivity contribution < 1.29 is 14.3 Å². The molecule has 1 aliphatic carbocycles. The quantitative estimate of drug-likeness (QED) is 0.224. The second-order valence-corrected chi connectivity index (χ2v) is 10.3. The number of nitrogens with zero attached hydrogens (tertiary/aromatic N) is 4. The van der Waals surface area contributed by atoms with Crippen LogP contribution in [0, 0.1) is 19.8 Å². The predicted octanol–water partition coefficient (Wildman–Crippen LogP) is 4.98. The summed E-state index contributed by atoms with van der Waals surface area (Å²) in [4.78, 5) is 42.5. The summed E-state index contributed by atoms with van der Waals surface area (Å²) in [5, 5.41) is 3.59. The fourth-order valence-corrected chi connectivity index (χ4v) is 5.44. The van der Waals surface area contributed by atoms with Crippen molar-refractivity contribution in [2.45, 2.75) is 50.9 Å². The van der Waals surface area contributed by atoms with Gasteiger partial charge in [0.1, 0.15) is 11.8 Å². The maximum atomic E-state index is 13.9. The van der Waals surface area contributed by atoms with E-state index in [0.29, 0.717) is 16.6 Å². The Morgan fingerprint density at radius 2 is 1.89 bits per heavy atom. The first kappa shape index (κ1) is 27.3. The van der Waals surface area contributed by atoms with Crippen molar-refractivity contribution in [1.82, 2.24) is 19.9 Å². The lowest BCUT2D eigenvalue weighted by atomic mass is 9.86. The number of benzene rings is 1. The van der Waals surface area contributed by atoms with E-state index in [2.05, 4.69) is 32.4 Å². The minimum absolute atomic E-state index is 0.0127.